The highest BCUT2D eigenvalue weighted by molar-refractivity contribution is 5.95. The van der Waals surface area contributed by atoms with Gasteiger partial charge in [0.05, 0.1) is 48.2 Å². The van der Waals surface area contributed by atoms with Crippen LogP contribution in [0, 0.1) is 16.0 Å². The number of aromatic amines is 2. The summed E-state index contributed by atoms with van der Waals surface area (Å²) in [5, 5.41) is 34.7. The quantitative estimate of drug-likeness (QED) is 0.0308. The van der Waals surface area contributed by atoms with Crippen LogP contribution < -0.4 is 38.1 Å². The molecule has 7 atom stereocenters. The third kappa shape index (κ3) is 14.7. The first-order valence-electron chi connectivity index (χ1n) is 20.6. The predicted octanol–water partition coefficient (Wildman–Crippen LogP) is -0.702. The second-order valence-corrected chi connectivity index (χ2v) is 15.5. The maximum Gasteiger partial charge on any atom is 0.274 e. The highest BCUT2D eigenvalue weighted by Crippen LogP contribution is 2.28. The third-order valence-electron chi connectivity index (χ3n) is 10.8. The largest absolute Gasteiger partial charge is 0.508 e. The minimum absolute atomic E-state index is 0.0371. The lowest BCUT2D eigenvalue weighted by molar-refractivity contribution is -0.385. The molecule has 4 aromatic rings. The topological polar surface area (TPSA) is 356 Å². The Morgan fingerprint density at radius 1 is 0.815 bits per heavy atom. The fourth-order valence-electron chi connectivity index (χ4n) is 6.57. The van der Waals surface area contributed by atoms with E-state index < -0.39 is 107 Å². The average molecular weight is 902 g/mol. The third-order valence-corrected chi connectivity index (χ3v) is 10.8. The standard InChI is InChI=1S/C42H55N13O10/c1-5-23(2)37(53-35(57)20-47-39(60)30(43)14-25-10-12-28(56)13-11-25)42(63)52-33(16-27-19-46-22-49-27)41(62)51-32(15-26-18-45-21-48-26)40(61)50-31(17-36(58)54(4)24(3)38(44)59)29-8-6-7-9-34(29)55(64)65/h6-13,18-19,21-24,30-33,37,56H,5,14-17,20,43H2,1-4H3,(H2,44,59)(H,45,48)(H,46,49)(H,47,60)(H,50,61)(H,51,62)(H,52,63)(H,53,57)/t23-,24-,30-,31+,32-,33-,37-/m0/s1. The number of rotatable bonds is 24. The van der Waals surface area contributed by atoms with Gasteiger partial charge in [0, 0.05) is 49.7 Å². The number of likely N-dealkylation sites (N-methyl/N-ethyl adjacent to an activating group) is 1. The van der Waals surface area contributed by atoms with Crippen molar-refractivity contribution in [3.8, 4) is 5.75 Å². The first-order chi connectivity index (χ1) is 30.9. The van der Waals surface area contributed by atoms with Crippen molar-refractivity contribution in [2.75, 3.05) is 13.6 Å². The number of phenols is 1. The van der Waals surface area contributed by atoms with Crippen molar-refractivity contribution in [1.82, 2.24) is 51.4 Å². The minimum atomic E-state index is -1.44. The van der Waals surface area contributed by atoms with Crippen molar-refractivity contribution in [3.05, 3.63) is 106 Å². The molecule has 0 unspecified atom stereocenters. The lowest BCUT2D eigenvalue weighted by Crippen LogP contribution is -2.59. The van der Waals surface area contributed by atoms with Gasteiger partial charge in [-0.2, -0.15) is 0 Å². The number of amides is 7. The molecule has 0 aliphatic heterocycles. The van der Waals surface area contributed by atoms with E-state index in [2.05, 4.69) is 46.5 Å². The van der Waals surface area contributed by atoms with Gasteiger partial charge < -0.3 is 58.0 Å². The van der Waals surface area contributed by atoms with Gasteiger partial charge >= 0.3 is 0 Å². The molecule has 23 heteroatoms. The van der Waals surface area contributed by atoms with Crippen LogP contribution in [0.1, 0.15) is 62.2 Å². The molecule has 0 radical (unpaired) electrons. The molecule has 0 aliphatic rings. The first kappa shape index (κ1) is 50.0. The van der Waals surface area contributed by atoms with E-state index in [1.165, 1.54) is 75.4 Å². The molecular weight excluding hydrogens is 847 g/mol. The molecule has 348 valence electrons. The Bertz CT molecular complexity index is 2270. The number of imidazole rings is 2. The van der Waals surface area contributed by atoms with E-state index in [1.54, 1.807) is 26.0 Å². The number of nitrogens with two attached hydrogens (primary N) is 2. The van der Waals surface area contributed by atoms with Crippen molar-refractivity contribution in [2.45, 2.75) is 89.1 Å². The molecule has 4 rings (SSSR count). The van der Waals surface area contributed by atoms with Gasteiger partial charge in [-0.25, -0.2) is 9.97 Å². The average Bonchev–Trinajstić information content (AvgIpc) is 4.01. The van der Waals surface area contributed by atoms with Gasteiger partial charge in [0.15, 0.2) is 0 Å². The van der Waals surface area contributed by atoms with Gasteiger partial charge in [-0.1, -0.05) is 50.6 Å². The fourth-order valence-corrected chi connectivity index (χ4v) is 6.57. The Kier molecular flexibility index (Phi) is 18.2. The van der Waals surface area contributed by atoms with E-state index in [0.717, 1.165) is 4.90 Å². The van der Waals surface area contributed by atoms with E-state index in [0.29, 0.717) is 23.4 Å². The van der Waals surface area contributed by atoms with Crippen LogP contribution >= 0.6 is 0 Å². The predicted molar refractivity (Wildman–Crippen MR) is 233 cm³/mol. The second kappa shape index (κ2) is 23.7. The number of nitro benzene ring substituents is 1. The Hall–Kier alpha value is -7.69. The number of phenolic OH excluding ortho intramolecular Hbond substituents is 1. The number of hydrogen-bond acceptors (Lipinski definition) is 13. The number of aromatic hydroxyl groups is 1. The van der Waals surface area contributed by atoms with Crippen LogP contribution in [0.4, 0.5) is 5.69 Å². The number of carbonyl (C=O) groups is 7. The molecule has 0 aliphatic carbocycles. The van der Waals surface area contributed by atoms with Crippen LogP contribution in [0.25, 0.3) is 0 Å². The van der Waals surface area contributed by atoms with Gasteiger partial charge in [-0.05, 0) is 37.0 Å². The van der Waals surface area contributed by atoms with Crippen molar-refractivity contribution in [2.24, 2.45) is 17.4 Å². The number of para-hydroxylation sites is 1. The Labute approximate surface area is 373 Å². The number of carbonyl (C=O) groups excluding carboxylic acids is 7. The van der Waals surface area contributed by atoms with Gasteiger partial charge in [0.2, 0.25) is 41.4 Å². The summed E-state index contributed by atoms with van der Waals surface area (Å²) in [5.74, 6) is -5.77. The van der Waals surface area contributed by atoms with Crippen LogP contribution in [0.5, 0.6) is 5.75 Å². The van der Waals surface area contributed by atoms with E-state index in [1.807, 2.05) is 0 Å². The van der Waals surface area contributed by atoms with Crippen LogP contribution in [-0.4, -0.2) is 120 Å². The van der Waals surface area contributed by atoms with Crippen LogP contribution in [0.2, 0.25) is 0 Å². The summed E-state index contributed by atoms with van der Waals surface area (Å²) in [6, 6.07) is 4.11. The zero-order valence-electron chi connectivity index (χ0n) is 36.3. The molecule has 2 aromatic heterocycles. The minimum Gasteiger partial charge on any atom is -0.508 e. The Balaban J connectivity index is 1.56. The number of H-pyrrole nitrogens is 2. The zero-order valence-corrected chi connectivity index (χ0v) is 36.3. The summed E-state index contributed by atoms with van der Waals surface area (Å²) >= 11 is 0. The maximum atomic E-state index is 14.3. The van der Waals surface area contributed by atoms with Crippen molar-refractivity contribution < 1.29 is 43.6 Å². The molecule has 12 N–H and O–H groups in total. The second-order valence-electron chi connectivity index (χ2n) is 15.5. The summed E-state index contributed by atoms with van der Waals surface area (Å²) in [6.45, 7) is 4.36. The molecule has 0 spiro atoms. The molecule has 2 aromatic carbocycles. The first-order valence-corrected chi connectivity index (χ1v) is 20.6. The molecule has 7 amide bonds. The fraction of sp³-hybridized carbons (Fsp3) is 0.405. The zero-order chi connectivity index (χ0) is 47.8. The van der Waals surface area contributed by atoms with Crippen LogP contribution in [-0.2, 0) is 52.8 Å². The lowest BCUT2D eigenvalue weighted by Gasteiger charge is -2.29. The van der Waals surface area contributed by atoms with Crippen LogP contribution in [0.15, 0.2) is 73.6 Å². The van der Waals surface area contributed by atoms with Crippen molar-refractivity contribution in [1.29, 1.82) is 0 Å². The number of hydrogen-bond donors (Lipinski definition) is 10. The highest BCUT2D eigenvalue weighted by Gasteiger charge is 2.35. The normalized spacial score (nSPS) is 14.2. The summed E-state index contributed by atoms with van der Waals surface area (Å²) in [5.41, 5.74) is 12.5. The highest BCUT2D eigenvalue weighted by atomic mass is 16.6. The van der Waals surface area contributed by atoms with Gasteiger partial charge in [0.25, 0.3) is 5.69 Å². The van der Waals surface area contributed by atoms with E-state index in [4.69, 9.17) is 11.5 Å². The molecule has 2 heterocycles. The molecular formula is C42H55N13O10. The maximum absolute atomic E-state index is 14.3. The molecule has 0 fully saturated rings. The molecule has 65 heavy (non-hydrogen) atoms. The summed E-state index contributed by atoms with van der Waals surface area (Å²) < 4.78 is 0. The smallest absolute Gasteiger partial charge is 0.274 e. The van der Waals surface area contributed by atoms with Crippen molar-refractivity contribution >= 4 is 47.0 Å². The SMILES string of the molecule is CC[C@H](C)[C@H](NC(=O)CNC(=O)[C@@H](N)Cc1ccc(O)cc1)C(=O)N[C@@H](Cc1cnc[nH]1)C(=O)N[C@@H](Cc1cnc[nH]1)C(=O)N[C@H](CC(=O)N(C)[C@@H](C)C(N)=O)c1ccccc1[N+](=O)[O-]. The Morgan fingerprint density at radius 2 is 1.38 bits per heavy atom. The van der Waals surface area contributed by atoms with Gasteiger partial charge in [-0.3, -0.25) is 43.7 Å². The molecule has 0 saturated carbocycles. The number of primary amides is 1. The van der Waals surface area contributed by atoms with Crippen molar-refractivity contribution in [3.63, 3.8) is 0 Å². The summed E-state index contributed by atoms with van der Waals surface area (Å²) in [6.07, 6.45) is 5.16. The van der Waals surface area contributed by atoms with E-state index >= 15 is 0 Å². The van der Waals surface area contributed by atoms with Crippen LogP contribution in [0.3, 0.4) is 0 Å². The lowest BCUT2D eigenvalue weighted by atomic mass is 9.97. The van der Waals surface area contributed by atoms with E-state index in [9.17, 15) is 48.8 Å². The number of nitrogens with zero attached hydrogens (tertiary/aromatic N) is 4. The van der Waals surface area contributed by atoms with E-state index in [-0.39, 0.29) is 30.6 Å². The molecule has 0 bridgehead atoms. The number of nitrogens with one attached hydrogen (secondary N) is 7. The summed E-state index contributed by atoms with van der Waals surface area (Å²) in [4.78, 5) is 120. The number of aromatic nitrogens is 4. The van der Waals surface area contributed by atoms with Gasteiger partial charge in [0.1, 0.15) is 29.9 Å². The summed E-state index contributed by atoms with van der Waals surface area (Å²) in [7, 11) is 1.32. The van der Waals surface area contributed by atoms with Gasteiger partial charge in [-0.15, -0.1) is 0 Å². The molecule has 0 saturated heterocycles. The number of benzene rings is 2. The number of nitro groups is 1. The molecule has 23 nitrogen and oxygen atoms in total. The Morgan fingerprint density at radius 3 is 1.92 bits per heavy atom. The monoisotopic (exact) mass is 901 g/mol.